The van der Waals surface area contributed by atoms with E-state index in [0.29, 0.717) is 12.8 Å². The third-order valence-corrected chi connectivity index (χ3v) is 4.61. The minimum atomic E-state index is -0.992. The van der Waals surface area contributed by atoms with Crippen molar-refractivity contribution in [2.24, 2.45) is 10.8 Å². The zero-order valence-corrected chi connectivity index (χ0v) is 14.1. The first-order valence-electron chi connectivity index (χ1n) is 7.63. The van der Waals surface area contributed by atoms with E-state index in [1.54, 1.807) is 0 Å². The minimum Gasteiger partial charge on any atom is -0.480 e. The van der Waals surface area contributed by atoms with Crippen LogP contribution < -0.4 is 5.32 Å². The van der Waals surface area contributed by atoms with Crippen molar-refractivity contribution in [1.82, 2.24) is 5.32 Å². The second-order valence-electron chi connectivity index (χ2n) is 7.26. The maximum absolute atomic E-state index is 12.5. The number of aryl methyl sites for hydroxylation is 1. The van der Waals surface area contributed by atoms with Crippen molar-refractivity contribution >= 4 is 11.9 Å². The number of carbonyl (C=O) groups excluding carboxylic acids is 1. The molecule has 2 N–H and O–H groups in total. The van der Waals surface area contributed by atoms with Crippen LogP contribution in [0.5, 0.6) is 0 Å². The van der Waals surface area contributed by atoms with Gasteiger partial charge in [0.1, 0.15) is 6.04 Å². The Balaban J connectivity index is 2.73. The number of carboxylic acid groups (broad SMARTS) is 1. The van der Waals surface area contributed by atoms with E-state index in [1.165, 1.54) is 0 Å². The fourth-order valence-corrected chi connectivity index (χ4v) is 1.89. The monoisotopic (exact) mass is 305 g/mol. The van der Waals surface area contributed by atoms with Gasteiger partial charge in [0.2, 0.25) is 5.91 Å². The van der Waals surface area contributed by atoms with Gasteiger partial charge in [-0.25, -0.2) is 4.79 Å². The number of carboxylic acids is 1. The second-order valence-corrected chi connectivity index (χ2v) is 7.26. The zero-order valence-electron chi connectivity index (χ0n) is 14.1. The first-order valence-corrected chi connectivity index (χ1v) is 7.63. The highest BCUT2D eigenvalue weighted by Gasteiger charge is 2.40. The summed E-state index contributed by atoms with van der Waals surface area (Å²) in [5, 5.41) is 12.0. The van der Waals surface area contributed by atoms with E-state index in [-0.39, 0.29) is 11.3 Å². The van der Waals surface area contributed by atoms with Gasteiger partial charge in [-0.05, 0) is 23.8 Å². The summed E-state index contributed by atoms with van der Waals surface area (Å²) in [6, 6.07) is 8.82. The molecular formula is C18H27NO3. The van der Waals surface area contributed by atoms with Gasteiger partial charge in [-0.3, -0.25) is 4.79 Å². The lowest BCUT2D eigenvalue weighted by atomic mass is 9.68. The molecule has 0 bridgehead atoms. The highest BCUT2D eigenvalue weighted by Crippen LogP contribution is 2.38. The van der Waals surface area contributed by atoms with Crippen molar-refractivity contribution in [3.05, 3.63) is 35.9 Å². The molecule has 0 aliphatic carbocycles. The van der Waals surface area contributed by atoms with Crippen LogP contribution >= 0.6 is 0 Å². The van der Waals surface area contributed by atoms with Crippen LogP contribution in [0.15, 0.2) is 30.3 Å². The Kier molecular flexibility index (Phi) is 5.75. The number of amides is 1. The Morgan fingerprint density at radius 3 is 2.09 bits per heavy atom. The van der Waals surface area contributed by atoms with Gasteiger partial charge >= 0.3 is 5.97 Å². The molecule has 122 valence electrons. The molecule has 1 aromatic carbocycles. The van der Waals surface area contributed by atoms with Crippen molar-refractivity contribution in [3.63, 3.8) is 0 Å². The van der Waals surface area contributed by atoms with Crippen molar-refractivity contribution in [2.75, 3.05) is 0 Å². The van der Waals surface area contributed by atoms with E-state index in [2.05, 4.69) is 5.32 Å². The quantitative estimate of drug-likeness (QED) is 0.847. The van der Waals surface area contributed by atoms with Crippen molar-refractivity contribution in [2.45, 2.75) is 53.5 Å². The van der Waals surface area contributed by atoms with Crippen molar-refractivity contribution in [3.8, 4) is 0 Å². The maximum Gasteiger partial charge on any atom is 0.326 e. The van der Waals surface area contributed by atoms with E-state index in [9.17, 15) is 14.7 Å². The molecule has 1 atom stereocenters. The van der Waals surface area contributed by atoms with E-state index < -0.39 is 17.4 Å². The first kappa shape index (κ1) is 18.2. The van der Waals surface area contributed by atoms with Gasteiger partial charge in [0.05, 0.1) is 0 Å². The van der Waals surface area contributed by atoms with Crippen molar-refractivity contribution < 1.29 is 14.7 Å². The lowest BCUT2D eigenvalue weighted by Gasteiger charge is -2.37. The fraction of sp³-hybridized carbons (Fsp3) is 0.556. The molecule has 0 aromatic heterocycles. The van der Waals surface area contributed by atoms with Crippen LogP contribution in [0.2, 0.25) is 0 Å². The average Bonchev–Trinajstić information content (AvgIpc) is 2.42. The lowest BCUT2D eigenvalue weighted by Crippen LogP contribution is -2.51. The summed E-state index contributed by atoms with van der Waals surface area (Å²) in [6.07, 6.45) is 0.999. The summed E-state index contributed by atoms with van der Waals surface area (Å²) in [6.45, 7) is 9.63. The number of hydrogen-bond donors (Lipinski definition) is 2. The minimum absolute atomic E-state index is 0.222. The first-order chi connectivity index (χ1) is 10.1. The number of aliphatic carboxylic acids is 1. The average molecular weight is 305 g/mol. The standard InChI is InChI=1S/C18H27NO3/c1-17(2,3)18(4,5)16(22)19-14(15(20)21)12-11-13-9-7-6-8-10-13/h6-10,14H,11-12H2,1-5H3,(H,19,22)(H,20,21)/t14-/m1/s1. The Morgan fingerprint density at radius 1 is 1.09 bits per heavy atom. The Labute approximate surface area is 132 Å². The number of benzene rings is 1. The molecule has 0 aliphatic rings. The van der Waals surface area contributed by atoms with Gasteiger partial charge in [-0.15, -0.1) is 0 Å². The summed E-state index contributed by atoms with van der Waals surface area (Å²) < 4.78 is 0. The van der Waals surface area contributed by atoms with Crippen LogP contribution in [0.25, 0.3) is 0 Å². The van der Waals surface area contributed by atoms with Crippen LogP contribution in [0, 0.1) is 10.8 Å². The largest absolute Gasteiger partial charge is 0.480 e. The smallest absolute Gasteiger partial charge is 0.326 e. The van der Waals surface area contributed by atoms with Crippen LogP contribution in [-0.4, -0.2) is 23.0 Å². The number of hydrogen-bond acceptors (Lipinski definition) is 2. The second kappa shape index (κ2) is 6.95. The summed E-state index contributed by atoms with van der Waals surface area (Å²) in [5.41, 5.74) is 0.172. The van der Waals surface area contributed by atoms with Crippen molar-refractivity contribution in [1.29, 1.82) is 0 Å². The molecule has 4 nitrogen and oxygen atoms in total. The molecule has 0 spiro atoms. The molecule has 22 heavy (non-hydrogen) atoms. The molecule has 1 amide bonds. The normalized spacial score (nSPS) is 13.5. The molecule has 0 aliphatic heterocycles. The van der Waals surface area contributed by atoms with Gasteiger partial charge < -0.3 is 10.4 Å². The van der Waals surface area contributed by atoms with Crippen LogP contribution in [-0.2, 0) is 16.0 Å². The molecule has 0 fully saturated rings. The molecule has 0 heterocycles. The van der Waals surface area contributed by atoms with Gasteiger partial charge in [0.15, 0.2) is 0 Å². The molecule has 1 aromatic rings. The Bertz CT molecular complexity index is 515. The summed E-state index contributed by atoms with van der Waals surface area (Å²) in [5.74, 6) is -1.21. The number of nitrogens with one attached hydrogen (secondary N) is 1. The number of rotatable bonds is 6. The molecule has 0 saturated carbocycles. The highest BCUT2D eigenvalue weighted by molar-refractivity contribution is 5.87. The molecule has 0 unspecified atom stereocenters. The van der Waals surface area contributed by atoms with Gasteiger partial charge in [0, 0.05) is 5.41 Å². The van der Waals surface area contributed by atoms with Gasteiger partial charge in [-0.2, -0.15) is 0 Å². The SMILES string of the molecule is CC(C)(C)C(C)(C)C(=O)N[C@H](CCc1ccccc1)C(=O)O. The maximum atomic E-state index is 12.5. The molecule has 4 heteroatoms. The summed E-state index contributed by atoms with van der Waals surface area (Å²) in [4.78, 5) is 23.9. The van der Waals surface area contributed by atoms with Gasteiger partial charge in [-0.1, -0.05) is 65.0 Å². The van der Waals surface area contributed by atoms with E-state index in [4.69, 9.17) is 0 Å². The van der Waals surface area contributed by atoms with Gasteiger partial charge in [0.25, 0.3) is 0 Å². The molecule has 0 saturated heterocycles. The summed E-state index contributed by atoms with van der Waals surface area (Å²) >= 11 is 0. The predicted octanol–water partition coefficient (Wildman–Crippen LogP) is 3.26. The molecule has 1 rings (SSSR count). The highest BCUT2D eigenvalue weighted by atomic mass is 16.4. The predicted molar refractivity (Wildman–Crippen MR) is 87.6 cm³/mol. The lowest BCUT2D eigenvalue weighted by molar-refractivity contribution is -0.145. The van der Waals surface area contributed by atoms with E-state index in [1.807, 2.05) is 65.0 Å². The topological polar surface area (TPSA) is 66.4 Å². The van der Waals surface area contributed by atoms with E-state index >= 15 is 0 Å². The van der Waals surface area contributed by atoms with Crippen LogP contribution in [0.3, 0.4) is 0 Å². The Morgan fingerprint density at radius 2 is 1.64 bits per heavy atom. The summed E-state index contributed by atoms with van der Waals surface area (Å²) in [7, 11) is 0. The van der Waals surface area contributed by atoms with Crippen LogP contribution in [0.4, 0.5) is 0 Å². The zero-order chi connectivity index (χ0) is 17.0. The third-order valence-electron chi connectivity index (χ3n) is 4.61. The number of carbonyl (C=O) groups is 2. The fourth-order valence-electron chi connectivity index (χ4n) is 1.89. The van der Waals surface area contributed by atoms with Crippen LogP contribution in [0.1, 0.15) is 46.6 Å². The molecular weight excluding hydrogens is 278 g/mol. The van der Waals surface area contributed by atoms with E-state index in [0.717, 1.165) is 5.56 Å². The Hall–Kier alpha value is -1.84. The third kappa shape index (κ3) is 4.58. The molecule has 0 radical (unpaired) electrons.